The number of anilines is 1. The maximum absolute atomic E-state index is 12.7. The molecule has 1 saturated heterocycles. The fraction of sp³-hybridized carbons (Fsp3) is 0.500. The zero-order valence-corrected chi connectivity index (χ0v) is 15.8. The normalized spacial score (nSPS) is 18.1. The van der Waals surface area contributed by atoms with Crippen LogP contribution in [0.25, 0.3) is 0 Å². The Balaban J connectivity index is 1.46. The van der Waals surface area contributed by atoms with Crippen molar-refractivity contribution in [3.63, 3.8) is 0 Å². The zero-order chi connectivity index (χ0) is 18.7. The van der Waals surface area contributed by atoms with Gasteiger partial charge in [-0.3, -0.25) is 9.40 Å². The van der Waals surface area contributed by atoms with Gasteiger partial charge >= 0.3 is 0 Å². The predicted molar refractivity (Wildman–Crippen MR) is 98.6 cm³/mol. The summed E-state index contributed by atoms with van der Waals surface area (Å²) in [7, 11) is -3.74. The molecule has 146 valence electrons. The Labute approximate surface area is 158 Å². The Morgan fingerprint density at radius 3 is 2.70 bits per heavy atom. The quantitative estimate of drug-likeness (QED) is 0.838. The molecule has 0 atom stereocenters. The number of fused-ring (bicyclic) bond motifs is 1. The molecule has 0 unspecified atom stereocenters. The molecule has 2 aliphatic rings. The summed E-state index contributed by atoms with van der Waals surface area (Å²) in [5.41, 5.74) is 0.439. The number of hydrogen-bond donors (Lipinski definition) is 1. The summed E-state index contributed by atoms with van der Waals surface area (Å²) >= 11 is 0. The molecule has 27 heavy (non-hydrogen) atoms. The minimum atomic E-state index is -3.74. The van der Waals surface area contributed by atoms with Crippen molar-refractivity contribution < 1.29 is 22.6 Å². The molecule has 0 radical (unpaired) electrons. The Morgan fingerprint density at radius 2 is 1.89 bits per heavy atom. The van der Waals surface area contributed by atoms with Gasteiger partial charge in [0.2, 0.25) is 0 Å². The van der Waals surface area contributed by atoms with Crippen molar-refractivity contribution in [2.75, 3.05) is 31.1 Å². The minimum absolute atomic E-state index is 0.129. The molecule has 3 heterocycles. The van der Waals surface area contributed by atoms with Crippen molar-refractivity contribution in [1.29, 1.82) is 0 Å². The van der Waals surface area contributed by atoms with Crippen LogP contribution in [0.15, 0.2) is 35.5 Å². The van der Waals surface area contributed by atoms with Crippen LogP contribution < -0.4 is 14.2 Å². The summed E-state index contributed by atoms with van der Waals surface area (Å²) in [5.74, 6) is 1.52. The molecule has 4 rings (SSSR count). The fourth-order valence-corrected chi connectivity index (χ4v) is 4.28. The Kier molecular flexibility index (Phi) is 5.22. The number of aromatic nitrogens is 2. The van der Waals surface area contributed by atoms with Crippen LogP contribution in [0.5, 0.6) is 11.5 Å². The Bertz CT molecular complexity index is 890. The van der Waals surface area contributed by atoms with Crippen LogP contribution in [0.1, 0.15) is 19.3 Å². The molecule has 0 aliphatic carbocycles. The van der Waals surface area contributed by atoms with Gasteiger partial charge in [-0.1, -0.05) is 0 Å². The molecule has 0 amide bonds. The number of benzene rings is 1. The lowest BCUT2D eigenvalue weighted by atomic mass is 10.0. The first-order valence-electron chi connectivity index (χ1n) is 9.13. The zero-order valence-electron chi connectivity index (χ0n) is 15.0. The molecular formula is C18H23N3O5S. The SMILES string of the molecule is O=S(=O)(Nc1cnn(CC2CCOCC2)c1)c1ccc2c(c1)OCCCO2. The molecule has 2 aliphatic heterocycles. The standard InChI is InChI=1S/C18H23N3O5S/c22-27(23,16-2-3-17-18(10-16)26-7-1-6-25-17)20-15-11-19-21(13-15)12-14-4-8-24-9-5-14/h2-3,10-11,13-14,20H,1,4-9,12H2. The van der Waals surface area contributed by atoms with Crippen LogP contribution >= 0.6 is 0 Å². The summed E-state index contributed by atoms with van der Waals surface area (Å²) in [6, 6.07) is 4.64. The highest BCUT2D eigenvalue weighted by molar-refractivity contribution is 7.92. The van der Waals surface area contributed by atoms with Crippen LogP contribution in [0.4, 0.5) is 5.69 Å². The van der Waals surface area contributed by atoms with E-state index in [2.05, 4.69) is 9.82 Å². The number of hydrogen-bond acceptors (Lipinski definition) is 6. The van der Waals surface area contributed by atoms with E-state index in [1.807, 2.05) is 0 Å². The second kappa shape index (κ2) is 7.77. The summed E-state index contributed by atoms with van der Waals surface area (Å²) in [6.45, 7) is 3.37. The second-order valence-corrected chi connectivity index (χ2v) is 8.45. The van der Waals surface area contributed by atoms with Crippen molar-refractivity contribution in [3.8, 4) is 11.5 Å². The van der Waals surface area contributed by atoms with E-state index in [0.717, 1.165) is 39.0 Å². The third kappa shape index (κ3) is 4.36. The van der Waals surface area contributed by atoms with Gasteiger partial charge in [0, 0.05) is 38.4 Å². The Hall–Kier alpha value is -2.26. The largest absolute Gasteiger partial charge is 0.490 e. The number of nitrogens with zero attached hydrogens (tertiary/aromatic N) is 2. The maximum Gasteiger partial charge on any atom is 0.262 e. The van der Waals surface area contributed by atoms with Gasteiger partial charge in [-0.25, -0.2) is 8.42 Å². The van der Waals surface area contributed by atoms with E-state index in [0.29, 0.717) is 36.3 Å². The molecule has 0 spiro atoms. The lowest BCUT2D eigenvalue weighted by Gasteiger charge is -2.21. The molecule has 0 bridgehead atoms. The van der Waals surface area contributed by atoms with Crippen molar-refractivity contribution in [2.24, 2.45) is 5.92 Å². The second-order valence-electron chi connectivity index (χ2n) is 6.77. The van der Waals surface area contributed by atoms with E-state index in [1.165, 1.54) is 18.3 Å². The molecular weight excluding hydrogens is 370 g/mol. The topological polar surface area (TPSA) is 91.7 Å². The summed E-state index contributed by atoms with van der Waals surface area (Å²) in [5, 5.41) is 4.27. The van der Waals surface area contributed by atoms with Gasteiger partial charge in [-0.15, -0.1) is 0 Å². The van der Waals surface area contributed by atoms with Crippen LogP contribution in [-0.4, -0.2) is 44.6 Å². The van der Waals surface area contributed by atoms with Crippen LogP contribution in [0, 0.1) is 5.92 Å². The van der Waals surface area contributed by atoms with Gasteiger partial charge in [0.25, 0.3) is 10.0 Å². The van der Waals surface area contributed by atoms with Crippen LogP contribution in [0.2, 0.25) is 0 Å². The van der Waals surface area contributed by atoms with E-state index in [1.54, 1.807) is 16.9 Å². The lowest BCUT2D eigenvalue weighted by Crippen LogP contribution is -2.20. The first-order chi connectivity index (χ1) is 13.1. The molecule has 0 saturated carbocycles. The fourth-order valence-electron chi connectivity index (χ4n) is 3.23. The van der Waals surface area contributed by atoms with Gasteiger partial charge in [-0.2, -0.15) is 5.10 Å². The van der Waals surface area contributed by atoms with Crippen molar-refractivity contribution in [1.82, 2.24) is 9.78 Å². The van der Waals surface area contributed by atoms with Crippen LogP contribution in [0.3, 0.4) is 0 Å². The summed E-state index contributed by atoms with van der Waals surface area (Å²) in [6.07, 6.45) is 6.01. The highest BCUT2D eigenvalue weighted by Gasteiger charge is 2.20. The molecule has 9 heteroatoms. The third-order valence-electron chi connectivity index (χ3n) is 4.70. The number of ether oxygens (including phenoxy) is 3. The third-order valence-corrected chi connectivity index (χ3v) is 6.08. The molecule has 1 aromatic carbocycles. The van der Waals surface area contributed by atoms with Gasteiger partial charge in [0.15, 0.2) is 11.5 Å². The van der Waals surface area contributed by atoms with Gasteiger partial charge in [-0.05, 0) is 30.9 Å². The number of rotatable bonds is 5. The number of nitrogens with one attached hydrogen (secondary N) is 1. The van der Waals surface area contributed by atoms with E-state index < -0.39 is 10.0 Å². The van der Waals surface area contributed by atoms with E-state index in [9.17, 15) is 8.42 Å². The van der Waals surface area contributed by atoms with Gasteiger partial charge in [0.1, 0.15) is 0 Å². The number of sulfonamides is 1. The highest BCUT2D eigenvalue weighted by Crippen LogP contribution is 2.32. The van der Waals surface area contributed by atoms with E-state index >= 15 is 0 Å². The van der Waals surface area contributed by atoms with Gasteiger partial charge < -0.3 is 14.2 Å². The van der Waals surface area contributed by atoms with E-state index in [-0.39, 0.29) is 4.90 Å². The molecule has 1 fully saturated rings. The lowest BCUT2D eigenvalue weighted by molar-refractivity contribution is 0.0601. The van der Waals surface area contributed by atoms with Crippen LogP contribution in [-0.2, 0) is 21.3 Å². The molecule has 8 nitrogen and oxygen atoms in total. The molecule has 1 N–H and O–H groups in total. The first kappa shape index (κ1) is 18.1. The molecule has 1 aromatic heterocycles. The maximum atomic E-state index is 12.7. The average molecular weight is 393 g/mol. The first-order valence-corrected chi connectivity index (χ1v) is 10.6. The Morgan fingerprint density at radius 1 is 1.11 bits per heavy atom. The van der Waals surface area contributed by atoms with Gasteiger partial charge in [0.05, 0.1) is 30.0 Å². The minimum Gasteiger partial charge on any atom is -0.490 e. The van der Waals surface area contributed by atoms with E-state index in [4.69, 9.17) is 14.2 Å². The summed E-state index contributed by atoms with van der Waals surface area (Å²) in [4.78, 5) is 0.129. The summed E-state index contributed by atoms with van der Waals surface area (Å²) < 4.78 is 46.3. The molecule has 2 aromatic rings. The smallest absolute Gasteiger partial charge is 0.262 e. The average Bonchev–Trinajstić information content (AvgIpc) is 2.95. The van der Waals surface area contributed by atoms with Crippen molar-refractivity contribution in [2.45, 2.75) is 30.7 Å². The predicted octanol–water partition coefficient (Wildman–Crippen LogP) is 2.27. The monoisotopic (exact) mass is 393 g/mol. The highest BCUT2D eigenvalue weighted by atomic mass is 32.2. The van der Waals surface area contributed by atoms with Crippen molar-refractivity contribution >= 4 is 15.7 Å². The van der Waals surface area contributed by atoms with Crippen molar-refractivity contribution in [3.05, 3.63) is 30.6 Å².